The predicted octanol–water partition coefficient (Wildman–Crippen LogP) is 2.90. The van der Waals surface area contributed by atoms with E-state index in [1.807, 2.05) is 11.7 Å². The van der Waals surface area contributed by atoms with E-state index in [9.17, 15) is 0 Å². The number of aryl methyl sites for hydroxylation is 2. The van der Waals surface area contributed by atoms with Crippen molar-refractivity contribution in [3.63, 3.8) is 0 Å². The molecular weight excluding hydrogens is 222 g/mol. The van der Waals surface area contributed by atoms with Crippen LogP contribution in [0.1, 0.15) is 31.9 Å². The maximum Gasteiger partial charge on any atom is 0.0703 e. The predicted molar refractivity (Wildman–Crippen MR) is 76.8 cm³/mol. The Hall–Kier alpha value is -1.35. The topological polar surface area (TPSA) is 29.9 Å². The van der Waals surface area contributed by atoms with Gasteiger partial charge in [0.05, 0.1) is 11.2 Å². The number of hydrogen-bond donors (Lipinski definition) is 1. The van der Waals surface area contributed by atoms with Gasteiger partial charge in [0.25, 0.3) is 0 Å². The summed E-state index contributed by atoms with van der Waals surface area (Å²) in [6.45, 7) is 4.46. The minimum absolute atomic E-state index is 1.08. The van der Waals surface area contributed by atoms with E-state index in [-0.39, 0.29) is 0 Å². The summed E-state index contributed by atoms with van der Waals surface area (Å²) in [7, 11) is 2.02. The number of nitrogens with zero attached hydrogens (tertiary/aromatic N) is 2. The van der Waals surface area contributed by atoms with Crippen molar-refractivity contribution in [2.24, 2.45) is 7.05 Å². The zero-order chi connectivity index (χ0) is 12.8. The van der Waals surface area contributed by atoms with Gasteiger partial charge in [-0.15, -0.1) is 0 Å². The first kappa shape index (κ1) is 13.1. The lowest BCUT2D eigenvalue weighted by Crippen LogP contribution is -2.15. The zero-order valence-electron chi connectivity index (χ0n) is 11.4. The van der Waals surface area contributed by atoms with Crippen LogP contribution in [-0.4, -0.2) is 22.9 Å². The van der Waals surface area contributed by atoms with Crippen LogP contribution in [0.15, 0.2) is 24.3 Å². The van der Waals surface area contributed by atoms with Gasteiger partial charge in [-0.2, -0.15) is 5.10 Å². The van der Waals surface area contributed by atoms with Gasteiger partial charge in [0.15, 0.2) is 0 Å². The average Bonchev–Trinajstić information content (AvgIpc) is 2.71. The molecule has 2 rings (SSSR count). The van der Waals surface area contributed by atoms with Gasteiger partial charge >= 0.3 is 0 Å². The largest absolute Gasteiger partial charge is 0.317 e. The van der Waals surface area contributed by atoms with Crippen LogP contribution < -0.4 is 5.32 Å². The highest BCUT2D eigenvalue weighted by Crippen LogP contribution is 2.18. The van der Waals surface area contributed by atoms with E-state index in [0.717, 1.165) is 19.5 Å². The second kappa shape index (κ2) is 6.55. The van der Waals surface area contributed by atoms with Crippen molar-refractivity contribution in [3.05, 3.63) is 30.0 Å². The van der Waals surface area contributed by atoms with Crippen LogP contribution in [0.2, 0.25) is 0 Å². The lowest BCUT2D eigenvalue weighted by Gasteiger charge is -2.01. The molecule has 0 spiro atoms. The molecule has 1 aromatic carbocycles. The first-order chi connectivity index (χ1) is 8.83. The Balaban J connectivity index is 1.88. The van der Waals surface area contributed by atoms with Crippen LogP contribution in [0.4, 0.5) is 0 Å². The molecule has 18 heavy (non-hydrogen) atoms. The summed E-state index contributed by atoms with van der Waals surface area (Å²) in [5, 5.41) is 9.37. The molecule has 98 valence electrons. The third-order valence-corrected chi connectivity index (χ3v) is 3.28. The van der Waals surface area contributed by atoms with Gasteiger partial charge in [0.1, 0.15) is 0 Å². The van der Waals surface area contributed by atoms with Gasteiger partial charge in [0, 0.05) is 12.4 Å². The molecule has 0 atom stereocenters. The second-order valence-corrected chi connectivity index (χ2v) is 4.79. The molecule has 0 bridgehead atoms. The van der Waals surface area contributed by atoms with Crippen LogP contribution >= 0.6 is 0 Å². The normalized spacial score (nSPS) is 11.2. The van der Waals surface area contributed by atoms with E-state index >= 15 is 0 Å². The average molecular weight is 245 g/mol. The van der Waals surface area contributed by atoms with Gasteiger partial charge in [-0.05, 0) is 44.8 Å². The molecule has 0 amide bonds. The van der Waals surface area contributed by atoms with E-state index in [2.05, 4.69) is 41.6 Å². The Morgan fingerprint density at radius 2 is 2.00 bits per heavy atom. The summed E-state index contributed by atoms with van der Waals surface area (Å²) in [5.41, 5.74) is 2.47. The molecule has 0 saturated heterocycles. The molecule has 2 aromatic rings. The van der Waals surface area contributed by atoms with Crippen LogP contribution in [0.25, 0.3) is 10.9 Å². The van der Waals surface area contributed by atoms with Crippen molar-refractivity contribution >= 4 is 10.9 Å². The number of aromatic nitrogens is 2. The highest BCUT2D eigenvalue weighted by atomic mass is 15.3. The van der Waals surface area contributed by atoms with Crippen LogP contribution in [0.5, 0.6) is 0 Å². The van der Waals surface area contributed by atoms with Crippen molar-refractivity contribution in [2.45, 2.75) is 32.6 Å². The van der Waals surface area contributed by atoms with Crippen LogP contribution in [-0.2, 0) is 13.5 Å². The Morgan fingerprint density at radius 1 is 1.17 bits per heavy atom. The molecule has 0 fully saturated rings. The van der Waals surface area contributed by atoms with Crippen molar-refractivity contribution in [1.29, 1.82) is 0 Å². The van der Waals surface area contributed by atoms with Crippen LogP contribution in [0.3, 0.4) is 0 Å². The molecule has 1 N–H and O–H groups in total. The fraction of sp³-hybridized carbons (Fsp3) is 0.533. The van der Waals surface area contributed by atoms with Crippen molar-refractivity contribution in [1.82, 2.24) is 15.1 Å². The number of nitrogens with one attached hydrogen (secondary N) is 1. The van der Waals surface area contributed by atoms with Crippen molar-refractivity contribution < 1.29 is 0 Å². The Kier molecular flexibility index (Phi) is 4.76. The van der Waals surface area contributed by atoms with Gasteiger partial charge in [-0.1, -0.05) is 25.1 Å². The number of unbranched alkanes of at least 4 members (excludes halogenated alkanes) is 1. The molecule has 0 aliphatic heterocycles. The smallest absolute Gasteiger partial charge is 0.0703 e. The highest BCUT2D eigenvalue weighted by Gasteiger charge is 2.06. The quantitative estimate of drug-likeness (QED) is 0.760. The first-order valence-corrected chi connectivity index (χ1v) is 6.94. The third-order valence-electron chi connectivity index (χ3n) is 3.28. The van der Waals surface area contributed by atoms with Gasteiger partial charge in [-0.25, -0.2) is 0 Å². The van der Waals surface area contributed by atoms with E-state index < -0.39 is 0 Å². The fourth-order valence-electron chi connectivity index (χ4n) is 2.32. The van der Waals surface area contributed by atoms with Gasteiger partial charge in [0.2, 0.25) is 0 Å². The second-order valence-electron chi connectivity index (χ2n) is 4.79. The number of hydrogen-bond acceptors (Lipinski definition) is 2. The molecule has 3 nitrogen and oxygen atoms in total. The van der Waals surface area contributed by atoms with Crippen molar-refractivity contribution in [3.8, 4) is 0 Å². The van der Waals surface area contributed by atoms with E-state index in [4.69, 9.17) is 0 Å². The summed E-state index contributed by atoms with van der Waals surface area (Å²) in [6, 6.07) is 8.47. The molecule has 3 heteroatoms. The van der Waals surface area contributed by atoms with Gasteiger partial charge < -0.3 is 5.32 Å². The number of para-hydroxylation sites is 1. The summed E-state index contributed by atoms with van der Waals surface area (Å²) in [4.78, 5) is 0. The molecule has 0 saturated carbocycles. The van der Waals surface area contributed by atoms with E-state index in [0.29, 0.717) is 0 Å². The fourth-order valence-corrected chi connectivity index (χ4v) is 2.32. The molecular formula is C15H23N3. The third kappa shape index (κ3) is 3.10. The Bertz CT molecular complexity index is 487. The minimum atomic E-state index is 1.08. The van der Waals surface area contributed by atoms with E-state index in [1.54, 1.807) is 0 Å². The molecule has 0 aliphatic carbocycles. The summed E-state index contributed by atoms with van der Waals surface area (Å²) in [6.07, 6.45) is 4.72. The zero-order valence-corrected chi connectivity index (χ0v) is 11.4. The van der Waals surface area contributed by atoms with Crippen LogP contribution in [0, 0.1) is 0 Å². The maximum absolute atomic E-state index is 4.62. The number of fused-ring (bicyclic) bond motifs is 1. The summed E-state index contributed by atoms with van der Waals surface area (Å²) in [5.74, 6) is 0. The minimum Gasteiger partial charge on any atom is -0.317 e. The lowest BCUT2D eigenvalue weighted by molar-refractivity contribution is 0.611. The maximum atomic E-state index is 4.62. The standard InChI is InChI=1S/C15H23N3/c1-3-11-16-12-7-6-9-14-13-8-4-5-10-15(13)18(2)17-14/h4-5,8,10,16H,3,6-7,9,11-12H2,1-2H3. The molecule has 0 aliphatic rings. The first-order valence-electron chi connectivity index (χ1n) is 6.94. The SMILES string of the molecule is CCCNCCCCc1nn(C)c2ccccc12. The Labute approximate surface area is 109 Å². The summed E-state index contributed by atoms with van der Waals surface area (Å²) >= 11 is 0. The van der Waals surface area contributed by atoms with Crippen molar-refractivity contribution in [2.75, 3.05) is 13.1 Å². The Morgan fingerprint density at radius 3 is 2.83 bits per heavy atom. The van der Waals surface area contributed by atoms with Gasteiger partial charge in [-0.3, -0.25) is 4.68 Å². The molecule has 1 heterocycles. The van der Waals surface area contributed by atoms with E-state index in [1.165, 1.54) is 35.9 Å². The molecule has 0 unspecified atom stereocenters. The number of rotatable bonds is 7. The lowest BCUT2D eigenvalue weighted by atomic mass is 10.1. The molecule has 1 aromatic heterocycles. The summed E-state index contributed by atoms with van der Waals surface area (Å²) < 4.78 is 1.99. The highest BCUT2D eigenvalue weighted by molar-refractivity contribution is 5.81. The monoisotopic (exact) mass is 245 g/mol. The number of benzene rings is 1. The molecule has 0 radical (unpaired) electrons.